The maximum absolute atomic E-state index is 13.7. The zero-order valence-electron chi connectivity index (χ0n) is 16.0. The second-order valence-electron chi connectivity index (χ2n) is 10.8. The van der Waals surface area contributed by atoms with E-state index in [0.29, 0.717) is 11.5 Å². The Morgan fingerprint density at radius 2 is 1.88 bits per heavy atom. The number of nitrogens with two attached hydrogens (primary N) is 1. The lowest BCUT2D eigenvalue weighted by Crippen LogP contribution is -2.82. The summed E-state index contributed by atoms with van der Waals surface area (Å²) in [6.07, 6.45) is 5.65. The van der Waals surface area contributed by atoms with Crippen LogP contribution in [0, 0.1) is 22.2 Å². The molecule has 0 aromatic carbocycles. The third-order valence-corrected chi connectivity index (χ3v) is 7.71. The van der Waals surface area contributed by atoms with Gasteiger partial charge in [0.2, 0.25) is 5.91 Å². The first-order valence-corrected chi connectivity index (χ1v) is 9.72. The van der Waals surface area contributed by atoms with Gasteiger partial charge in [-0.25, -0.2) is 0 Å². The SMILES string of the molecule is CC1(C)CC2CC(C)(CN2C(=O)C2(N)C3CCCOC3C2(C)C)C1. The lowest BCUT2D eigenvalue weighted by atomic mass is 9.46. The van der Waals surface area contributed by atoms with Crippen molar-refractivity contribution < 1.29 is 9.53 Å². The monoisotopic (exact) mass is 334 g/mol. The highest BCUT2D eigenvalue weighted by atomic mass is 16.5. The van der Waals surface area contributed by atoms with Crippen LogP contribution in [0.4, 0.5) is 0 Å². The molecule has 4 nitrogen and oxygen atoms in total. The minimum absolute atomic E-state index is 0.147. The molecule has 2 bridgehead atoms. The zero-order valence-corrected chi connectivity index (χ0v) is 16.0. The number of hydrogen-bond donors (Lipinski definition) is 1. The Morgan fingerprint density at radius 1 is 1.17 bits per heavy atom. The summed E-state index contributed by atoms with van der Waals surface area (Å²) in [4.78, 5) is 15.8. The molecule has 5 unspecified atom stereocenters. The van der Waals surface area contributed by atoms with Crippen LogP contribution in [0.3, 0.4) is 0 Å². The molecule has 24 heavy (non-hydrogen) atoms. The average molecular weight is 335 g/mol. The molecule has 5 atom stereocenters. The van der Waals surface area contributed by atoms with Crippen molar-refractivity contribution in [2.75, 3.05) is 13.2 Å². The van der Waals surface area contributed by atoms with Gasteiger partial charge in [0, 0.05) is 30.5 Å². The topological polar surface area (TPSA) is 55.6 Å². The van der Waals surface area contributed by atoms with E-state index in [0.717, 1.165) is 38.8 Å². The van der Waals surface area contributed by atoms with Crippen molar-refractivity contribution in [3.63, 3.8) is 0 Å². The molecule has 1 amide bonds. The number of carbonyl (C=O) groups excluding carboxylic acids is 1. The molecule has 0 radical (unpaired) electrons. The summed E-state index contributed by atoms with van der Waals surface area (Å²) in [5.74, 6) is 0.390. The Labute approximate surface area is 146 Å². The van der Waals surface area contributed by atoms with E-state index in [-0.39, 0.29) is 28.8 Å². The van der Waals surface area contributed by atoms with E-state index in [9.17, 15) is 4.79 Å². The van der Waals surface area contributed by atoms with Gasteiger partial charge in [-0.15, -0.1) is 0 Å². The molecule has 4 heteroatoms. The quantitative estimate of drug-likeness (QED) is 0.802. The Hall–Kier alpha value is -0.610. The van der Waals surface area contributed by atoms with Crippen LogP contribution in [0.5, 0.6) is 0 Å². The van der Waals surface area contributed by atoms with Gasteiger partial charge in [0.1, 0.15) is 5.54 Å². The predicted molar refractivity (Wildman–Crippen MR) is 94.4 cm³/mol. The Kier molecular flexibility index (Phi) is 3.34. The van der Waals surface area contributed by atoms with Crippen LogP contribution in [0.15, 0.2) is 0 Å². The van der Waals surface area contributed by atoms with Gasteiger partial charge in [-0.2, -0.15) is 0 Å². The number of carbonyl (C=O) groups is 1. The van der Waals surface area contributed by atoms with E-state index >= 15 is 0 Å². The molecule has 2 heterocycles. The van der Waals surface area contributed by atoms with Crippen LogP contribution in [0.25, 0.3) is 0 Å². The molecule has 0 aromatic rings. The molecule has 2 saturated carbocycles. The molecule has 0 spiro atoms. The summed E-state index contributed by atoms with van der Waals surface area (Å²) in [7, 11) is 0. The second kappa shape index (κ2) is 4.76. The maximum Gasteiger partial charge on any atom is 0.243 e. The largest absolute Gasteiger partial charge is 0.377 e. The maximum atomic E-state index is 13.7. The number of hydrogen-bond acceptors (Lipinski definition) is 3. The van der Waals surface area contributed by atoms with E-state index < -0.39 is 5.54 Å². The number of ether oxygens (including phenoxy) is 1. The van der Waals surface area contributed by atoms with E-state index in [4.69, 9.17) is 10.5 Å². The first kappa shape index (κ1) is 16.8. The first-order chi connectivity index (χ1) is 11.0. The summed E-state index contributed by atoms with van der Waals surface area (Å²) in [5.41, 5.74) is 6.43. The minimum Gasteiger partial charge on any atom is -0.377 e. The Morgan fingerprint density at radius 3 is 2.58 bits per heavy atom. The number of fused-ring (bicyclic) bond motifs is 3. The van der Waals surface area contributed by atoms with Crippen molar-refractivity contribution in [3.05, 3.63) is 0 Å². The molecule has 136 valence electrons. The summed E-state index contributed by atoms with van der Waals surface area (Å²) in [6.45, 7) is 13.0. The minimum atomic E-state index is -0.754. The fourth-order valence-electron chi connectivity index (χ4n) is 6.94. The third-order valence-electron chi connectivity index (χ3n) is 7.71. The van der Waals surface area contributed by atoms with Crippen molar-refractivity contribution >= 4 is 5.91 Å². The van der Waals surface area contributed by atoms with Crippen LogP contribution in [0.2, 0.25) is 0 Å². The molecule has 4 fully saturated rings. The van der Waals surface area contributed by atoms with E-state index in [1.807, 2.05) is 0 Å². The van der Waals surface area contributed by atoms with Gasteiger partial charge in [-0.3, -0.25) is 4.79 Å². The molecule has 4 rings (SSSR count). The summed E-state index contributed by atoms with van der Waals surface area (Å²) in [5, 5.41) is 0. The van der Waals surface area contributed by atoms with E-state index in [2.05, 4.69) is 39.5 Å². The Balaban J connectivity index is 1.62. The van der Waals surface area contributed by atoms with Crippen LogP contribution in [-0.2, 0) is 9.53 Å². The van der Waals surface area contributed by atoms with Crippen molar-refractivity contribution in [1.29, 1.82) is 0 Å². The van der Waals surface area contributed by atoms with Crippen molar-refractivity contribution in [1.82, 2.24) is 4.90 Å². The summed E-state index contributed by atoms with van der Waals surface area (Å²) < 4.78 is 5.99. The average Bonchev–Trinajstić information content (AvgIpc) is 2.74. The fourth-order valence-corrected chi connectivity index (χ4v) is 6.94. The number of rotatable bonds is 1. The highest BCUT2D eigenvalue weighted by Crippen LogP contribution is 2.60. The highest BCUT2D eigenvalue weighted by Gasteiger charge is 2.71. The van der Waals surface area contributed by atoms with Gasteiger partial charge in [0.05, 0.1) is 6.10 Å². The van der Waals surface area contributed by atoms with Gasteiger partial charge in [0.15, 0.2) is 0 Å². The zero-order chi connectivity index (χ0) is 17.5. The van der Waals surface area contributed by atoms with Gasteiger partial charge < -0.3 is 15.4 Å². The first-order valence-electron chi connectivity index (χ1n) is 9.72. The summed E-state index contributed by atoms with van der Waals surface area (Å²) in [6, 6.07) is 0.367. The van der Waals surface area contributed by atoms with Crippen LogP contribution < -0.4 is 5.73 Å². The highest BCUT2D eigenvalue weighted by molar-refractivity contribution is 5.90. The van der Waals surface area contributed by atoms with Crippen LogP contribution in [-0.4, -0.2) is 41.6 Å². The molecule has 2 saturated heterocycles. The molecule has 4 aliphatic rings. The number of likely N-dealkylation sites (tertiary alicyclic amines) is 1. The Bertz CT molecular complexity index is 572. The molecular weight excluding hydrogens is 300 g/mol. The van der Waals surface area contributed by atoms with E-state index in [1.165, 1.54) is 6.42 Å². The van der Waals surface area contributed by atoms with Gasteiger partial charge in [-0.05, 0) is 42.9 Å². The molecule has 0 aromatic heterocycles. The molecule has 2 aliphatic heterocycles. The van der Waals surface area contributed by atoms with E-state index in [1.54, 1.807) is 0 Å². The number of nitrogens with zero attached hydrogens (tertiary/aromatic N) is 1. The van der Waals surface area contributed by atoms with Crippen molar-refractivity contribution in [2.45, 2.75) is 84.4 Å². The number of amides is 1. The normalized spacial score (nSPS) is 48.6. The second-order valence-corrected chi connectivity index (χ2v) is 10.8. The lowest BCUT2D eigenvalue weighted by Gasteiger charge is -2.65. The van der Waals surface area contributed by atoms with Gasteiger partial charge in [-0.1, -0.05) is 34.6 Å². The van der Waals surface area contributed by atoms with Crippen LogP contribution in [0.1, 0.15) is 66.7 Å². The third kappa shape index (κ3) is 2.02. The van der Waals surface area contributed by atoms with Gasteiger partial charge >= 0.3 is 0 Å². The lowest BCUT2D eigenvalue weighted by molar-refractivity contribution is -0.230. The summed E-state index contributed by atoms with van der Waals surface area (Å²) >= 11 is 0. The molecule has 2 aliphatic carbocycles. The smallest absolute Gasteiger partial charge is 0.243 e. The molecular formula is C20H34N2O2. The van der Waals surface area contributed by atoms with Crippen molar-refractivity contribution in [2.24, 2.45) is 27.9 Å². The fraction of sp³-hybridized carbons (Fsp3) is 0.950. The predicted octanol–water partition coefficient (Wildman–Crippen LogP) is 2.95. The van der Waals surface area contributed by atoms with Crippen molar-refractivity contribution in [3.8, 4) is 0 Å². The van der Waals surface area contributed by atoms with Gasteiger partial charge in [0.25, 0.3) is 0 Å². The van der Waals surface area contributed by atoms with Crippen LogP contribution >= 0.6 is 0 Å². The molecule has 2 N–H and O–H groups in total. The standard InChI is InChI=1S/C20H34N2O2/c1-17(2)9-13-10-19(5,11-17)12-22(13)16(23)20(21)14-7-6-8-24-15(14)18(20,3)4/h13-15H,6-12,21H2,1-5H3.